The van der Waals surface area contributed by atoms with Crippen LogP contribution in [0.1, 0.15) is 34.2 Å². The molecule has 2 aromatic carbocycles. The van der Waals surface area contributed by atoms with Crippen LogP contribution in [0.4, 0.5) is 5.82 Å². The summed E-state index contributed by atoms with van der Waals surface area (Å²) < 4.78 is 1.49. The third-order valence-corrected chi connectivity index (χ3v) is 6.59. The van der Waals surface area contributed by atoms with E-state index in [1.165, 1.54) is 10.9 Å². The highest BCUT2D eigenvalue weighted by Gasteiger charge is 2.35. The second-order valence-electron chi connectivity index (χ2n) is 9.36. The third-order valence-electron chi connectivity index (χ3n) is 6.59. The molecule has 1 saturated heterocycles. The van der Waals surface area contributed by atoms with Crippen LogP contribution in [0.25, 0.3) is 16.7 Å². The molecule has 2 amide bonds. The molecule has 1 aliphatic heterocycles. The number of nitrogens with zero attached hydrogens (tertiary/aromatic N) is 5. The number of anilines is 1. The predicted octanol–water partition coefficient (Wildman–Crippen LogP) is 4.20. The van der Waals surface area contributed by atoms with Gasteiger partial charge in [0.15, 0.2) is 11.6 Å². The molecule has 3 heterocycles. The van der Waals surface area contributed by atoms with Gasteiger partial charge in [-0.25, -0.2) is 4.98 Å². The summed E-state index contributed by atoms with van der Waals surface area (Å²) in [6, 6.07) is 17.9. The minimum absolute atomic E-state index is 0.0643. The predicted molar refractivity (Wildman–Crippen MR) is 136 cm³/mol. The van der Waals surface area contributed by atoms with E-state index in [4.69, 9.17) is 4.98 Å². The monoisotopic (exact) mass is 478 g/mol. The van der Waals surface area contributed by atoms with Gasteiger partial charge in [0.25, 0.3) is 0 Å². The zero-order valence-corrected chi connectivity index (χ0v) is 20.4. The first-order chi connectivity index (χ1) is 17.3. The summed E-state index contributed by atoms with van der Waals surface area (Å²) in [4.78, 5) is 32.3. The number of carbonyl (C=O) groups is 2. The average molecular weight is 479 g/mol. The number of likely N-dealkylation sites (tertiary alicyclic amines) is 1. The van der Waals surface area contributed by atoms with Crippen LogP contribution in [0.15, 0.2) is 54.7 Å². The number of amides is 2. The number of fused-ring (bicyclic) bond motifs is 1. The normalized spacial score (nSPS) is 15.3. The van der Waals surface area contributed by atoms with Crippen LogP contribution in [-0.4, -0.2) is 38.0 Å². The lowest BCUT2D eigenvalue weighted by Gasteiger charge is -2.17. The molecule has 0 saturated carbocycles. The van der Waals surface area contributed by atoms with Crippen LogP contribution in [0.5, 0.6) is 0 Å². The molecule has 8 heteroatoms. The molecule has 36 heavy (non-hydrogen) atoms. The van der Waals surface area contributed by atoms with Crippen LogP contribution in [0.2, 0.25) is 0 Å². The van der Waals surface area contributed by atoms with Crippen molar-refractivity contribution >= 4 is 28.5 Å². The highest BCUT2D eigenvalue weighted by atomic mass is 16.2. The van der Waals surface area contributed by atoms with Crippen molar-refractivity contribution in [3.05, 3.63) is 82.5 Å². The minimum Gasteiger partial charge on any atom is -0.338 e. The SMILES string of the molecule is Cc1cc(C)c2nc(-n3ncc(C#N)c3NC(=O)C3CC(=O)N(Cc4ccccc4)C3)cc(C)c2c1. The Morgan fingerprint density at radius 2 is 1.92 bits per heavy atom. The smallest absolute Gasteiger partial charge is 0.230 e. The molecule has 0 aliphatic carbocycles. The molecule has 8 nitrogen and oxygen atoms in total. The molecule has 4 aromatic rings. The molecule has 2 aromatic heterocycles. The Bertz CT molecular complexity index is 1530. The standard InChI is InChI=1S/C28H26N6O2/c1-17-9-19(3)26-23(10-17)18(2)11-24(31-26)34-27(22(13-29)14-30-34)32-28(36)21-12-25(35)33(16-21)15-20-7-5-4-6-8-20/h4-11,14,21H,12,15-16H2,1-3H3,(H,32,36). The number of rotatable bonds is 5. The molecule has 5 rings (SSSR count). The van der Waals surface area contributed by atoms with Gasteiger partial charge < -0.3 is 10.2 Å². The topological polar surface area (TPSA) is 104 Å². The number of carbonyl (C=O) groups excluding carboxylic acids is 2. The zero-order chi connectivity index (χ0) is 25.4. The van der Waals surface area contributed by atoms with Crippen LogP contribution >= 0.6 is 0 Å². The van der Waals surface area contributed by atoms with Crippen LogP contribution in [0.3, 0.4) is 0 Å². The molecular formula is C28H26N6O2. The number of hydrogen-bond acceptors (Lipinski definition) is 5. The summed E-state index contributed by atoms with van der Waals surface area (Å²) in [5.74, 6) is -0.135. The summed E-state index contributed by atoms with van der Waals surface area (Å²) in [5, 5.41) is 17.9. The fraction of sp³-hybridized carbons (Fsp3) is 0.250. The Kier molecular flexibility index (Phi) is 5.98. The average Bonchev–Trinajstić information content (AvgIpc) is 3.43. The number of benzene rings is 2. The molecule has 1 unspecified atom stereocenters. The lowest BCUT2D eigenvalue weighted by atomic mass is 10.0. The summed E-state index contributed by atoms with van der Waals surface area (Å²) in [7, 11) is 0. The van der Waals surface area contributed by atoms with Crippen LogP contribution in [0, 0.1) is 38.0 Å². The van der Waals surface area contributed by atoms with Gasteiger partial charge in [0.2, 0.25) is 11.8 Å². The molecule has 1 atom stereocenters. The molecule has 0 spiro atoms. The van der Waals surface area contributed by atoms with Gasteiger partial charge in [0, 0.05) is 24.9 Å². The van der Waals surface area contributed by atoms with Crippen LogP contribution < -0.4 is 5.32 Å². The number of nitrogens with one attached hydrogen (secondary N) is 1. The van der Waals surface area contributed by atoms with Crippen molar-refractivity contribution in [2.45, 2.75) is 33.7 Å². The van der Waals surface area contributed by atoms with E-state index in [-0.39, 0.29) is 29.6 Å². The number of aryl methyl sites for hydroxylation is 3. The van der Waals surface area contributed by atoms with Crippen molar-refractivity contribution in [1.29, 1.82) is 5.26 Å². The summed E-state index contributed by atoms with van der Waals surface area (Å²) >= 11 is 0. The highest BCUT2D eigenvalue weighted by molar-refractivity contribution is 5.97. The van der Waals surface area contributed by atoms with E-state index in [1.807, 2.05) is 50.2 Å². The van der Waals surface area contributed by atoms with Crippen molar-refractivity contribution < 1.29 is 9.59 Å². The Hall–Kier alpha value is -4.51. The Balaban J connectivity index is 1.42. The lowest BCUT2D eigenvalue weighted by Crippen LogP contribution is -2.28. The third kappa shape index (κ3) is 4.31. The van der Waals surface area contributed by atoms with E-state index in [0.29, 0.717) is 18.9 Å². The number of nitriles is 1. The fourth-order valence-electron chi connectivity index (χ4n) is 4.78. The largest absolute Gasteiger partial charge is 0.338 e. The van der Waals surface area contributed by atoms with Crippen molar-refractivity contribution in [1.82, 2.24) is 19.7 Å². The maximum atomic E-state index is 13.2. The maximum absolute atomic E-state index is 13.2. The number of pyridine rings is 1. The van der Waals surface area contributed by atoms with Gasteiger partial charge in [-0.1, -0.05) is 42.0 Å². The molecule has 180 valence electrons. The number of aromatic nitrogens is 3. The van der Waals surface area contributed by atoms with E-state index in [0.717, 1.165) is 33.2 Å². The van der Waals surface area contributed by atoms with Crippen molar-refractivity contribution in [3.8, 4) is 11.9 Å². The quantitative estimate of drug-likeness (QED) is 0.463. The van der Waals surface area contributed by atoms with Gasteiger partial charge >= 0.3 is 0 Å². The van der Waals surface area contributed by atoms with Crippen molar-refractivity contribution in [2.24, 2.45) is 5.92 Å². The molecule has 0 radical (unpaired) electrons. The first kappa shape index (κ1) is 23.2. The number of hydrogen-bond donors (Lipinski definition) is 1. The van der Waals surface area contributed by atoms with Crippen LogP contribution in [-0.2, 0) is 16.1 Å². The van der Waals surface area contributed by atoms with Gasteiger partial charge in [-0.3, -0.25) is 9.59 Å². The first-order valence-corrected chi connectivity index (χ1v) is 11.8. The van der Waals surface area contributed by atoms with E-state index in [1.54, 1.807) is 4.90 Å². The fourth-order valence-corrected chi connectivity index (χ4v) is 4.78. The molecular weight excluding hydrogens is 452 g/mol. The van der Waals surface area contributed by atoms with Gasteiger partial charge in [0.1, 0.15) is 11.6 Å². The Labute approximate surface area is 209 Å². The van der Waals surface area contributed by atoms with E-state index < -0.39 is 5.92 Å². The zero-order valence-electron chi connectivity index (χ0n) is 20.4. The maximum Gasteiger partial charge on any atom is 0.230 e. The van der Waals surface area contributed by atoms with Gasteiger partial charge in [-0.2, -0.15) is 15.0 Å². The minimum atomic E-state index is -0.521. The Morgan fingerprint density at radius 1 is 1.14 bits per heavy atom. The summed E-state index contributed by atoms with van der Waals surface area (Å²) in [6.45, 7) is 6.85. The summed E-state index contributed by atoms with van der Waals surface area (Å²) in [5.41, 5.74) is 5.31. The molecule has 0 bridgehead atoms. The second kappa shape index (κ2) is 9.27. The summed E-state index contributed by atoms with van der Waals surface area (Å²) in [6.07, 6.45) is 1.54. The van der Waals surface area contributed by atoms with E-state index in [9.17, 15) is 14.9 Å². The highest BCUT2D eigenvalue weighted by Crippen LogP contribution is 2.28. The Morgan fingerprint density at radius 3 is 2.67 bits per heavy atom. The lowest BCUT2D eigenvalue weighted by molar-refractivity contribution is -0.128. The van der Waals surface area contributed by atoms with Gasteiger partial charge in [-0.15, -0.1) is 0 Å². The first-order valence-electron chi connectivity index (χ1n) is 11.8. The van der Waals surface area contributed by atoms with E-state index in [2.05, 4.69) is 35.5 Å². The van der Waals surface area contributed by atoms with Gasteiger partial charge in [-0.05, 0) is 49.6 Å². The van der Waals surface area contributed by atoms with E-state index >= 15 is 0 Å². The molecule has 1 fully saturated rings. The second-order valence-corrected chi connectivity index (χ2v) is 9.36. The van der Waals surface area contributed by atoms with Crippen molar-refractivity contribution in [2.75, 3.05) is 11.9 Å². The molecule has 1 N–H and O–H groups in total. The van der Waals surface area contributed by atoms with Gasteiger partial charge in [0.05, 0.1) is 17.6 Å². The molecule has 1 aliphatic rings. The van der Waals surface area contributed by atoms with Crippen molar-refractivity contribution in [3.63, 3.8) is 0 Å².